The molecule has 1 saturated heterocycles. The second-order valence-corrected chi connectivity index (χ2v) is 4.81. The number of ether oxygens (including phenoxy) is 1. The molecule has 3 nitrogen and oxygen atoms in total. The first-order valence-corrected chi connectivity index (χ1v) is 5.97. The smallest absolute Gasteiger partial charge is 0.119 e. The fourth-order valence-electron chi connectivity index (χ4n) is 1.92. The SMILES string of the molecule is OC1CN(c2ccc(OCC3CC3)cc2)C1. The van der Waals surface area contributed by atoms with Gasteiger partial charge in [0.1, 0.15) is 5.75 Å². The van der Waals surface area contributed by atoms with E-state index >= 15 is 0 Å². The van der Waals surface area contributed by atoms with Crippen LogP contribution in [0.5, 0.6) is 5.75 Å². The molecule has 1 aliphatic heterocycles. The summed E-state index contributed by atoms with van der Waals surface area (Å²) in [6.45, 7) is 2.37. The summed E-state index contributed by atoms with van der Waals surface area (Å²) in [5.74, 6) is 1.75. The molecule has 3 rings (SSSR count). The van der Waals surface area contributed by atoms with E-state index in [2.05, 4.69) is 17.0 Å². The maximum absolute atomic E-state index is 9.22. The maximum Gasteiger partial charge on any atom is 0.119 e. The third-order valence-electron chi connectivity index (χ3n) is 3.25. The van der Waals surface area contributed by atoms with E-state index in [4.69, 9.17) is 4.74 Å². The second-order valence-electron chi connectivity index (χ2n) is 4.81. The molecule has 0 atom stereocenters. The predicted octanol–water partition coefficient (Wildman–Crippen LogP) is 1.66. The van der Waals surface area contributed by atoms with Crippen LogP contribution >= 0.6 is 0 Å². The van der Waals surface area contributed by atoms with Gasteiger partial charge < -0.3 is 14.7 Å². The van der Waals surface area contributed by atoms with Gasteiger partial charge in [0.05, 0.1) is 12.7 Å². The zero-order valence-corrected chi connectivity index (χ0v) is 9.30. The number of aliphatic hydroxyl groups excluding tert-OH is 1. The highest BCUT2D eigenvalue weighted by molar-refractivity contribution is 5.51. The molecule has 1 N–H and O–H groups in total. The van der Waals surface area contributed by atoms with E-state index in [0.717, 1.165) is 31.4 Å². The third kappa shape index (κ3) is 2.14. The van der Waals surface area contributed by atoms with Gasteiger partial charge in [-0.05, 0) is 43.0 Å². The molecule has 0 radical (unpaired) electrons. The van der Waals surface area contributed by atoms with E-state index in [-0.39, 0.29) is 6.10 Å². The quantitative estimate of drug-likeness (QED) is 0.836. The molecule has 1 saturated carbocycles. The lowest BCUT2D eigenvalue weighted by Crippen LogP contribution is -2.50. The molecule has 0 spiro atoms. The summed E-state index contributed by atoms with van der Waals surface area (Å²) in [7, 11) is 0. The Labute approximate surface area is 95.6 Å². The van der Waals surface area contributed by atoms with E-state index in [1.165, 1.54) is 18.5 Å². The van der Waals surface area contributed by atoms with Gasteiger partial charge in [0, 0.05) is 18.8 Å². The van der Waals surface area contributed by atoms with E-state index in [0.29, 0.717) is 0 Å². The maximum atomic E-state index is 9.22. The monoisotopic (exact) mass is 219 g/mol. The molecule has 2 fully saturated rings. The highest BCUT2D eigenvalue weighted by atomic mass is 16.5. The lowest BCUT2D eigenvalue weighted by atomic mass is 10.1. The summed E-state index contributed by atoms with van der Waals surface area (Å²) in [5.41, 5.74) is 1.17. The minimum Gasteiger partial charge on any atom is -0.493 e. The van der Waals surface area contributed by atoms with Gasteiger partial charge in [-0.25, -0.2) is 0 Å². The summed E-state index contributed by atoms with van der Waals surface area (Å²) in [4.78, 5) is 2.16. The van der Waals surface area contributed by atoms with Crippen molar-refractivity contribution < 1.29 is 9.84 Å². The van der Waals surface area contributed by atoms with Crippen LogP contribution in [0.4, 0.5) is 5.69 Å². The average Bonchev–Trinajstić information content (AvgIpc) is 3.07. The molecule has 1 aliphatic carbocycles. The summed E-state index contributed by atoms with van der Waals surface area (Å²) < 4.78 is 5.67. The lowest BCUT2D eigenvalue weighted by molar-refractivity contribution is 0.142. The summed E-state index contributed by atoms with van der Waals surface area (Å²) in [6, 6.07) is 8.16. The molecular formula is C13H17NO2. The summed E-state index contributed by atoms with van der Waals surface area (Å²) >= 11 is 0. The van der Waals surface area contributed by atoms with Crippen molar-refractivity contribution in [2.45, 2.75) is 18.9 Å². The number of nitrogens with zero attached hydrogens (tertiary/aromatic N) is 1. The molecular weight excluding hydrogens is 202 g/mol. The Hall–Kier alpha value is -1.22. The molecule has 1 heterocycles. The van der Waals surface area contributed by atoms with Crippen molar-refractivity contribution in [3.05, 3.63) is 24.3 Å². The zero-order chi connectivity index (χ0) is 11.0. The number of hydrogen-bond donors (Lipinski definition) is 1. The van der Waals surface area contributed by atoms with Crippen molar-refractivity contribution in [1.82, 2.24) is 0 Å². The van der Waals surface area contributed by atoms with Gasteiger partial charge in [-0.1, -0.05) is 0 Å². The first kappa shape index (κ1) is 9.97. The van der Waals surface area contributed by atoms with Crippen molar-refractivity contribution in [2.24, 2.45) is 5.92 Å². The van der Waals surface area contributed by atoms with Crippen molar-refractivity contribution in [2.75, 3.05) is 24.6 Å². The molecule has 86 valence electrons. The fourth-order valence-corrected chi connectivity index (χ4v) is 1.92. The molecule has 0 bridgehead atoms. The number of anilines is 1. The van der Waals surface area contributed by atoms with E-state index in [1.54, 1.807) is 0 Å². The van der Waals surface area contributed by atoms with Crippen LogP contribution in [0, 0.1) is 5.92 Å². The number of hydrogen-bond acceptors (Lipinski definition) is 3. The standard InChI is InChI=1S/C13H17NO2/c15-12-7-14(8-12)11-3-5-13(6-4-11)16-9-10-1-2-10/h3-6,10,12,15H,1-2,7-9H2. The molecule has 0 aromatic heterocycles. The largest absolute Gasteiger partial charge is 0.493 e. The highest BCUT2D eigenvalue weighted by Gasteiger charge is 2.24. The predicted molar refractivity (Wildman–Crippen MR) is 62.9 cm³/mol. The van der Waals surface area contributed by atoms with Crippen LogP contribution in [-0.4, -0.2) is 30.9 Å². The van der Waals surface area contributed by atoms with Crippen LogP contribution < -0.4 is 9.64 Å². The molecule has 0 unspecified atom stereocenters. The molecule has 0 amide bonds. The first-order valence-electron chi connectivity index (χ1n) is 5.97. The van der Waals surface area contributed by atoms with Gasteiger partial charge in [0.15, 0.2) is 0 Å². The first-order chi connectivity index (χ1) is 7.81. The van der Waals surface area contributed by atoms with E-state index in [1.807, 2.05) is 12.1 Å². The Morgan fingerprint density at radius 2 is 1.88 bits per heavy atom. The topological polar surface area (TPSA) is 32.7 Å². The van der Waals surface area contributed by atoms with Crippen molar-refractivity contribution in [3.8, 4) is 5.75 Å². The van der Waals surface area contributed by atoms with Crippen LogP contribution in [0.2, 0.25) is 0 Å². The third-order valence-corrected chi connectivity index (χ3v) is 3.25. The van der Waals surface area contributed by atoms with Gasteiger partial charge >= 0.3 is 0 Å². The Kier molecular flexibility index (Phi) is 2.48. The van der Waals surface area contributed by atoms with Gasteiger partial charge in [0.25, 0.3) is 0 Å². The summed E-state index contributed by atoms with van der Waals surface area (Å²) in [6.07, 6.45) is 2.50. The number of aliphatic hydroxyl groups is 1. The van der Waals surface area contributed by atoms with Gasteiger partial charge in [-0.2, -0.15) is 0 Å². The normalized spacial score (nSPS) is 20.7. The summed E-state index contributed by atoms with van der Waals surface area (Å²) in [5, 5.41) is 9.22. The van der Waals surface area contributed by atoms with Gasteiger partial charge in [-0.3, -0.25) is 0 Å². The molecule has 1 aromatic carbocycles. The van der Waals surface area contributed by atoms with Crippen LogP contribution in [0.3, 0.4) is 0 Å². The molecule has 1 aromatic rings. The van der Waals surface area contributed by atoms with Crippen LogP contribution in [0.15, 0.2) is 24.3 Å². The van der Waals surface area contributed by atoms with Crippen LogP contribution in [0.1, 0.15) is 12.8 Å². The Bertz CT molecular complexity index is 353. The molecule has 3 heteroatoms. The van der Waals surface area contributed by atoms with E-state index < -0.39 is 0 Å². The number of rotatable bonds is 4. The van der Waals surface area contributed by atoms with Crippen LogP contribution in [0.25, 0.3) is 0 Å². The Morgan fingerprint density at radius 3 is 2.44 bits per heavy atom. The average molecular weight is 219 g/mol. The number of benzene rings is 1. The van der Waals surface area contributed by atoms with Crippen molar-refractivity contribution >= 4 is 5.69 Å². The minimum atomic E-state index is -0.147. The number of β-amino-alcohol motifs (C(OH)–C–C–N with tert-alkyl or cyclic N) is 1. The molecule has 2 aliphatic rings. The zero-order valence-electron chi connectivity index (χ0n) is 9.30. The van der Waals surface area contributed by atoms with Gasteiger partial charge in [0.2, 0.25) is 0 Å². The van der Waals surface area contributed by atoms with Crippen molar-refractivity contribution in [3.63, 3.8) is 0 Å². The van der Waals surface area contributed by atoms with E-state index in [9.17, 15) is 5.11 Å². The minimum absolute atomic E-state index is 0.147. The second kappa shape index (κ2) is 3.98. The lowest BCUT2D eigenvalue weighted by Gasteiger charge is -2.37. The van der Waals surface area contributed by atoms with Crippen LogP contribution in [-0.2, 0) is 0 Å². The highest BCUT2D eigenvalue weighted by Crippen LogP contribution is 2.30. The van der Waals surface area contributed by atoms with Gasteiger partial charge in [-0.15, -0.1) is 0 Å². The fraction of sp³-hybridized carbons (Fsp3) is 0.538. The Balaban J connectivity index is 1.56. The molecule has 16 heavy (non-hydrogen) atoms. The van der Waals surface area contributed by atoms with Crippen molar-refractivity contribution in [1.29, 1.82) is 0 Å². The Morgan fingerprint density at radius 1 is 1.19 bits per heavy atom.